The lowest BCUT2D eigenvalue weighted by atomic mass is 10.0. The highest BCUT2D eigenvalue weighted by molar-refractivity contribution is 5.63. The van der Waals surface area contributed by atoms with Gasteiger partial charge in [0.15, 0.2) is 0 Å². The minimum absolute atomic E-state index is 0.809. The summed E-state index contributed by atoms with van der Waals surface area (Å²) in [7, 11) is 2.17. The standard InChI is InChI=1S/C22H36N4/c1-18-13-19(2)15-21(14-18)20(3)24(4)9-5-6-10-25-16-22(17-25)26-11-7-23-8-12-26/h13-15,22-23H,3,5-12,16-17H2,1-2,4H3. The van der Waals surface area contributed by atoms with Crippen molar-refractivity contribution in [1.29, 1.82) is 0 Å². The van der Waals surface area contributed by atoms with Crippen LogP contribution in [-0.2, 0) is 0 Å². The fraction of sp³-hybridized carbons (Fsp3) is 0.636. The lowest BCUT2D eigenvalue weighted by Crippen LogP contribution is -2.62. The van der Waals surface area contributed by atoms with E-state index in [1.54, 1.807) is 0 Å². The fourth-order valence-corrected chi connectivity index (χ4v) is 4.18. The van der Waals surface area contributed by atoms with Gasteiger partial charge in [0.2, 0.25) is 0 Å². The summed E-state index contributed by atoms with van der Waals surface area (Å²) in [6.07, 6.45) is 2.51. The summed E-state index contributed by atoms with van der Waals surface area (Å²) < 4.78 is 0. The Morgan fingerprint density at radius 3 is 2.42 bits per heavy atom. The van der Waals surface area contributed by atoms with Crippen molar-refractivity contribution in [1.82, 2.24) is 20.0 Å². The van der Waals surface area contributed by atoms with Crippen LogP contribution in [0.3, 0.4) is 0 Å². The Morgan fingerprint density at radius 1 is 1.12 bits per heavy atom. The number of aryl methyl sites for hydroxylation is 2. The van der Waals surface area contributed by atoms with Gasteiger partial charge in [0.25, 0.3) is 0 Å². The molecule has 0 saturated carbocycles. The zero-order valence-corrected chi connectivity index (χ0v) is 16.9. The number of piperazine rings is 1. The zero-order chi connectivity index (χ0) is 18.5. The van der Waals surface area contributed by atoms with Gasteiger partial charge in [-0.15, -0.1) is 0 Å². The van der Waals surface area contributed by atoms with E-state index in [1.807, 2.05) is 0 Å². The molecule has 2 aliphatic rings. The van der Waals surface area contributed by atoms with Gasteiger partial charge in [-0.3, -0.25) is 4.90 Å². The molecule has 26 heavy (non-hydrogen) atoms. The van der Waals surface area contributed by atoms with E-state index in [1.165, 1.54) is 62.3 Å². The summed E-state index contributed by atoms with van der Waals surface area (Å²) in [6.45, 7) is 18.3. The molecule has 0 spiro atoms. The van der Waals surface area contributed by atoms with E-state index in [9.17, 15) is 0 Å². The molecule has 0 atom stereocenters. The normalized spacial score (nSPS) is 19.3. The van der Waals surface area contributed by atoms with Crippen molar-refractivity contribution >= 4 is 5.70 Å². The molecule has 0 radical (unpaired) electrons. The van der Waals surface area contributed by atoms with E-state index in [0.29, 0.717) is 0 Å². The molecule has 2 aliphatic heterocycles. The van der Waals surface area contributed by atoms with Gasteiger partial charge < -0.3 is 15.1 Å². The van der Waals surface area contributed by atoms with Crippen LogP contribution < -0.4 is 5.32 Å². The van der Waals surface area contributed by atoms with Crippen LogP contribution in [0.15, 0.2) is 24.8 Å². The number of hydrogen-bond acceptors (Lipinski definition) is 4. The van der Waals surface area contributed by atoms with Crippen LogP contribution in [-0.4, -0.2) is 80.1 Å². The van der Waals surface area contributed by atoms with E-state index in [4.69, 9.17) is 0 Å². The molecule has 0 amide bonds. The van der Waals surface area contributed by atoms with Gasteiger partial charge in [-0.25, -0.2) is 0 Å². The first-order valence-corrected chi connectivity index (χ1v) is 10.2. The van der Waals surface area contributed by atoms with E-state index >= 15 is 0 Å². The van der Waals surface area contributed by atoms with Crippen LogP contribution >= 0.6 is 0 Å². The molecule has 144 valence electrons. The van der Waals surface area contributed by atoms with Crippen LogP contribution in [0, 0.1) is 13.8 Å². The molecular formula is C22H36N4. The van der Waals surface area contributed by atoms with Gasteiger partial charge in [0.05, 0.1) is 0 Å². The molecule has 0 aliphatic carbocycles. The molecule has 1 aromatic carbocycles. The van der Waals surface area contributed by atoms with Crippen molar-refractivity contribution in [3.63, 3.8) is 0 Å². The van der Waals surface area contributed by atoms with Gasteiger partial charge >= 0.3 is 0 Å². The fourth-order valence-electron chi connectivity index (χ4n) is 4.18. The van der Waals surface area contributed by atoms with Gasteiger partial charge in [0.1, 0.15) is 0 Å². The average molecular weight is 357 g/mol. The number of benzene rings is 1. The molecule has 0 bridgehead atoms. The first kappa shape index (κ1) is 19.4. The third-order valence-electron chi connectivity index (χ3n) is 5.84. The molecule has 1 N–H and O–H groups in total. The van der Waals surface area contributed by atoms with Gasteiger partial charge in [-0.1, -0.05) is 23.8 Å². The third-order valence-corrected chi connectivity index (χ3v) is 5.84. The zero-order valence-electron chi connectivity index (χ0n) is 16.9. The van der Waals surface area contributed by atoms with Gasteiger partial charge in [-0.05, 0) is 50.9 Å². The summed E-state index contributed by atoms with van der Waals surface area (Å²) in [6, 6.07) is 7.51. The molecule has 2 fully saturated rings. The predicted octanol–water partition coefficient (Wildman–Crippen LogP) is 2.58. The maximum atomic E-state index is 4.31. The van der Waals surface area contributed by atoms with Crippen molar-refractivity contribution in [3.05, 3.63) is 41.5 Å². The molecule has 0 aromatic heterocycles. The van der Waals surface area contributed by atoms with Crippen LogP contribution in [0.1, 0.15) is 29.5 Å². The monoisotopic (exact) mass is 356 g/mol. The van der Waals surface area contributed by atoms with Crippen molar-refractivity contribution in [2.75, 3.05) is 59.4 Å². The van der Waals surface area contributed by atoms with E-state index in [0.717, 1.165) is 31.4 Å². The van der Waals surface area contributed by atoms with Crippen LogP contribution in [0.25, 0.3) is 5.70 Å². The summed E-state index contributed by atoms with van der Waals surface area (Å²) in [5.41, 5.74) is 5.02. The van der Waals surface area contributed by atoms with Gasteiger partial charge in [-0.2, -0.15) is 0 Å². The number of hydrogen-bond donors (Lipinski definition) is 1. The van der Waals surface area contributed by atoms with E-state index in [-0.39, 0.29) is 0 Å². The van der Waals surface area contributed by atoms with Gasteiger partial charge in [0, 0.05) is 64.6 Å². The molecular weight excluding hydrogens is 320 g/mol. The lowest BCUT2D eigenvalue weighted by molar-refractivity contribution is 0.0263. The van der Waals surface area contributed by atoms with Crippen molar-refractivity contribution in [2.24, 2.45) is 0 Å². The number of rotatable bonds is 8. The maximum Gasteiger partial charge on any atom is 0.0364 e. The Bertz CT molecular complexity index is 580. The highest BCUT2D eigenvalue weighted by Crippen LogP contribution is 2.20. The topological polar surface area (TPSA) is 21.8 Å². The summed E-state index contributed by atoms with van der Waals surface area (Å²) in [5.74, 6) is 0. The molecule has 2 saturated heterocycles. The average Bonchev–Trinajstić information content (AvgIpc) is 2.59. The predicted molar refractivity (Wildman–Crippen MR) is 111 cm³/mol. The van der Waals surface area contributed by atoms with Crippen LogP contribution in [0.2, 0.25) is 0 Å². The largest absolute Gasteiger partial charge is 0.375 e. The first-order chi connectivity index (χ1) is 12.5. The minimum Gasteiger partial charge on any atom is -0.375 e. The van der Waals surface area contributed by atoms with Crippen LogP contribution in [0.4, 0.5) is 0 Å². The smallest absolute Gasteiger partial charge is 0.0364 e. The van der Waals surface area contributed by atoms with E-state index < -0.39 is 0 Å². The van der Waals surface area contributed by atoms with Crippen molar-refractivity contribution in [3.8, 4) is 0 Å². The Balaban J connectivity index is 1.32. The maximum absolute atomic E-state index is 4.31. The third kappa shape index (κ3) is 5.09. The quantitative estimate of drug-likeness (QED) is 0.723. The summed E-state index contributed by atoms with van der Waals surface area (Å²) in [5, 5.41) is 3.44. The Morgan fingerprint density at radius 2 is 1.77 bits per heavy atom. The molecule has 3 rings (SSSR count). The first-order valence-electron chi connectivity index (χ1n) is 10.2. The van der Waals surface area contributed by atoms with Crippen molar-refractivity contribution < 1.29 is 0 Å². The number of nitrogens with zero attached hydrogens (tertiary/aromatic N) is 3. The minimum atomic E-state index is 0.809. The van der Waals surface area contributed by atoms with Crippen molar-refractivity contribution in [2.45, 2.75) is 32.7 Å². The second-order valence-corrected chi connectivity index (χ2v) is 8.15. The SMILES string of the molecule is C=C(c1cc(C)cc(C)c1)N(C)CCCCN1CC(N2CCNCC2)C1. The van der Waals surface area contributed by atoms with E-state index in [2.05, 4.69) is 65.7 Å². The second-order valence-electron chi connectivity index (χ2n) is 8.15. The Hall–Kier alpha value is -1.36. The highest BCUT2D eigenvalue weighted by atomic mass is 15.3. The molecule has 2 heterocycles. The number of likely N-dealkylation sites (tertiary alicyclic amines) is 1. The highest BCUT2D eigenvalue weighted by Gasteiger charge is 2.31. The second kappa shape index (κ2) is 9.03. The molecule has 0 unspecified atom stereocenters. The molecule has 4 nitrogen and oxygen atoms in total. The molecule has 1 aromatic rings. The number of nitrogens with one attached hydrogen (secondary N) is 1. The molecule has 4 heteroatoms. The Kier molecular flexibility index (Phi) is 6.74. The van der Waals surface area contributed by atoms with Crippen LogP contribution in [0.5, 0.6) is 0 Å². The summed E-state index contributed by atoms with van der Waals surface area (Å²) >= 11 is 0. The Labute approximate surface area is 159 Å². The summed E-state index contributed by atoms with van der Waals surface area (Å²) in [4.78, 5) is 7.59. The number of unbranched alkanes of at least 4 members (excludes halogenated alkanes) is 1. The lowest BCUT2D eigenvalue weighted by Gasteiger charge is -2.47.